The maximum Gasteiger partial charge on any atom is 0.271 e. The number of amides is 1. The van der Waals surface area contributed by atoms with Gasteiger partial charge in [0, 0.05) is 18.7 Å². The van der Waals surface area contributed by atoms with Gasteiger partial charge >= 0.3 is 0 Å². The van der Waals surface area contributed by atoms with Crippen molar-refractivity contribution in [1.82, 2.24) is 5.32 Å². The van der Waals surface area contributed by atoms with E-state index >= 15 is 0 Å². The summed E-state index contributed by atoms with van der Waals surface area (Å²) in [6, 6.07) is 11.7. The van der Waals surface area contributed by atoms with Crippen molar-refractivity contribution in [3.05, 3.63) is 64.2 Å². The molecule has 0 aliphatic rings. The van der Waals surface area contributed by atoms with E-state index in [9.17, 15) is 23.3 Å². The van der Waals surface area contributed by atoms with Crippen molar-refractivity contribution in [3.8, 4) is 5.75 Å². The van der Waals surface area contributed by atoms with E-state index < -0.39 is 26.9 Å². The maximum absolute atomic E-state index is 12.6. The largest absolute Gasteiger partial charge is 0.497 e. The Balaban J connectivity index is 2.03. The summed E-state index contributed by atoms with van der Waals surface area (Å²) in [7, 11) is -2.26. The Morgan fingerprint density at radius 2 is 1.93 bits per heavy atom. The lowest BCUT2D eigenvalue weighted by Crippen LogP contribution is -2.48. The van der Waals surface area contributed by atoms with Gasteiger partial charge in [-0.15, -0.1) is 0 Å². The molecular formula is C20H25N3O6S. The second-order valence-corrected chi connectivity index (χ2v) is 8.62. The van der Waals surface area contributed by atoms with Crippen LogP contribution in [0.15, 0.2) is 48.5 Å². The van der Waals surface area contributed by atoms with E-state index in [-0.39, 0.29) is 11.4 Å². The molecule has 30 heavy (non-hydrogen) atoms. The Kier molecular flexibility index (Phi) is 7.76. The molecule has 0 bridgehead atoms. The molecule has 0 fully saturated rings. The second-order valence-electron chi connectivity index (χ2n) is 6.76. The third-order valence-electron chi connectivity index (χ3n) is 4.46. The average Bonchev–Trinajstić information content (AvgIpc) is 2.70. The zero-order chi connectivity index (χ0) is 22.3. The van der Waals surface area contributed by atoms with E-state index in [2.05, 4.69) is 5.32 Å². The first-order chi connectivity index (χ1) is 14.1. The lowest BCUT2D eigenvalue weighted by atomic mass is 10.1. The number of sulfonamides is 1. The van der Waals surface area contributed by atoms with Crippen molar-refractivity contribution in [2.45, 2.75) is 25.8 Å². The third kappa shape index (κ3) is 6.18. The number of rotatable bonds is 10. The number of aryl methyl sites for hydroxylation is 1. The molecule has 0 radical (unpaired) electrons. The number of hydrogen-bond donors (Lipinski definition) is 1. The molecule has 1 unspecified atom stereocenters. The Hall–Kier alpha value is -3.14. The number of hydrogen-bond acceptors (Lipinski definition) is 6. The van der Waals surface area contributed by atoms with Crippen molar-refractivity contribution in [3.63, 3.8) is 0 Å². The summed E-state index contributed by atoms with van der Waals surface area (Å²) in [4.78, 5) is 23.0. The summed E-state index contributed by atoms with van der Waals surface area (Å²) in [5.74, 6) is 0.267. The lowest BCUT2D eigenvalue weighted by molar-refractivity contribution is -0.384. The first-order valence-corrected chi connectivity index (χ1v) is 11.1. The minimum Gasteiger partial charge on any atom is -0.497 e. The van der Waals surface area contributed by atoms with Crippen molar-refractivity contribution >= 4 is 27.3 Å². The quantitative estimate of drug-likeness (QED) is 0.348. The number of methoxy groups -OCH3 is 1. The van der Waals surface area contributed by atoms with Gasteiger partial charge in [-0.3, -0.25) is 19.2 Å². The highest BCUT2D eigenvalue weighted by Gasteiger charge is 2.29. The van der Waals surface area contributed by atoms with E-state index in [1.54, 1.807) is 7.11 Å². The molecule has 0 spiro atoms. The number of ether oxygens (including phenoxy) is 1. The summed E-state index contributed by atoms with van der Waals surface area (Å²) >= 11 is 0. The zero-order valence-corrected chi connectivity index (χ0v) is 17.9. The molecule has 0 aliphatic carbocycles. The Labute approximate surface area is 175 Å². The Morgan fingerprint density at radius 1 is 1.23 bits per heavy atom. The highest BCUT2D eigenvalue weighted by molar-refractivity contribution is 7.92. The molecule has 10 heteroatoms. The van der Waals surface area contributed by atoms with Crippen LogP contribution in [0.25, 0.3) is 0 Å². The molecule has 0 aromatic heterocycles. The van der Waals surface area contributed by atoms with E-state index in [4.69, 9.17) is 4.74 Å². The van der Waals surface area contributed by atoms with E-state index in [0.29, 0.717) is 19.4 Å². The van der Waals surface area contributed by atoms with Gasteiger partial charge in [0.25, 0.3) is 5.69 Å². The van der Waals surface area contributed by atoms with E-state index in [1.165, 1.54) is 25.1 Å². The van der Waals surface area contributed by atoms with Crippen LogP contribution in [0.4, 0.5) is 11.4 Å². The van der Waals surface area contributed by atoms with E-state index in [1.807, 2.05) is 24.3 Å². The monoisotopic (exact) mass is 435 g/mol. The predicted octanol–water partition coefficient (Wildman–Crippen LogP) is 2.51. The molecule has 0 saturated carbocycles. The molecule has 2 aromatic rings. The molecule has 162 valence electrons. The van der Waals surface area contributed by atoms with Gasteiger partial charge in [0.05, 0.1) is 24.0 Å². The summed E-state index contributed by atoms with van der Waals surface area (Å²) in [6.45, 7) is 1.80. The minimum absolute atomic E-state index is 0.0609. The first kappa shape index (κ1) is 23.1. The van der Waals surface area contributed by atoms with Gasteiger partial charge < -0.3 is 10.1 Å². The fourth-order valence-electron chi connectivity index (χ4n) is 3.03. The molecule has 2 rings (SSSR count). The zero-order valence-electron chi connectivity index (χ0n) is 17.1. The standard InChI is InChI=1S/C20H25N3O6S/c1-15(20(24)21-12-6-8-16-7-4-11-19(13-16)29-2)22(30(3,27)28)17-9-5-10-18(14-17)23(25)26/h4-5,7,9-11,13-15H,6,8,12H2,1-3H3,(H,21,24). The number of nitro benzene ring substituents is 1. The molecule has 1 N–H and O–H groups in total. The van der Waals surface area contributed by atoms with Crippen molar-refractivity contribution in [2.75, 3.05) is 24.2 Å². The molecule has 0 saturated heterocycles. The number of nitrogens with one attached hydrogen (secondary N) is 1. The second kappa shape index (κ2) is 10.1. The number of non-ortho nitro benzene ring substituents is 1. The van der Waals surface area contributed by atoms with Gasteiger partial charge in [0.2, 0.25) is 15.9 Å². The van der Waals surface area contributed by atoms with Crippen LogP contribution in [0.3, 0.4) is 0 Å². The summed E-state index contributed by atoms with van der Waals surface area (Å²) in [6.07, 6.45) is 2.33. The lowest BCUT2D eigenvalue weighted by Gasteiger charge is -2.28. The van der Waals surface area contributed by atoms with Gasteiger partial charge in [-0.2, -0.15) is 0 Å². The van der Waals surface area contributed by atoms with Crippen molar-refractivity contribution in [1.29, 1.82) is 0 Å². The number of nitrogens with zero attached hydrogens (tertiary/aromatic N) is 2. The van der Waals surface area contributed by atoms with Crippen LogP contribution in [-0.4, -0.2) is 45.2 Å². The number of benzene rings is 2. The number of carbonyl (C=O) groups excluding carboxylic acids is 1. The van der Waals surface area contributed by atoms with Crippen LogP contribution < -0.4 is 14.4 Å². The van der Waals surface area contributed by atoms with Gasteiger partial charge in [-0.25, -0.2) is 8.42 Å². The van der Waals surface area contributed by atoms with Crippen LogP contribution in [0.5, 0.6) is 5.75 Å². The average molecular weight is 436 g/mol. The fraction of sp³-hybridized carbons (Fsp3) is 0.350. The van der Waals surface area contributed by atoms with Crippen LogP contribution in [0.2, 0.25) is 0 Å². The minimum atomic E-state index is -3.85. The topological polar surface area (TPSA) is 119 Å². The molecule has 9 nitrogen and oxygen atoms in total. The van der Waals surface area contributed by atoms with Crippen molar-refractivity contribution < 1.29 is 22.9 Å². The smallest absolute Gasteiger partial charge is 0.271 e. The Bertz CT molecular complexity index is 1010. The highest BCUT2D eigenvalue weighted by atomic mass is 32.2. The van der Waals surface area contributed by atoms with Gasteiger partial charge in [0.1, 0.15) is 11.8 Å². The molecule has 2 aromatic carbocycles. The van der Waals surface area contributed by atoms with Gasteiger partial charge in [0.15, 0.2) is 0 Å². The van der Waals surface area contributed by atoms with Crippen LogP contribution in [0, 0.1) is 10.1 Å². The fourth-order valence-corrected chi connectivity index (χ4v) is 4.20. The van der Waals surface area contributed by atoms with Crippen molar-refractivity contribution in [2.24, 2.45) is 0 Å². The normalized spacial score (nSPS) is 12.1. The summed E-state index contributed by atoms with van der Waals surface area (Å²) < 4.78 is 30.7. The van der Waals surface area contributed by atoms with Gasteiger partial charge in [-0.05, 0) is 43.5 Å². The molecule has 1 amide bonds. The predicted molar refractivity (Wildman–Crippen MR) is 114 cm³/mol. The molecule has 1 atom stereocenters. The number of anilines is 1. The van der Waals surface area contributed by atoms with E-state index in [0.717, 1.165) is 27.9 Å². The summed E-state index contributed by atoms with van der Waals surface area (Å²) in [5, 5.41) is 13.7. The SMILES string of the molecule is COc1cccc(CCCNC(=O)C(C)N(c2cccc([N+](=O)[O-])c2)S(C)(=O)=O)c1. The number of carbonyl (C=O) groups is 1. The Morgan fingerprint density at radius 3 is 2.57 bits per heavy atom. The number of nitro groups is 1. The highest BCUT2D eigenvalue weighted by Crippen LogP contribution is 2.25. The molecule has 0 aliphatic heterocycles. The third-order valence-corrected chi connectivity index (χ3v) is 5.70. The molecular weight excluding hydrogens is 410 g/mol. The van der Waals surface area contributed by atoms with Gasteiger partial charge in [-0.1, -0.05) is 18.2 Å². The molecule has 0 heterocycles. The van der Waals surface area contributed by atoms with Crippen LogP contribution in [-0.2, 0) is 21.2 Å². The van der Waals surface area contributed by atoms with Crippen LogP contribution in [0.1, 0.15) is 18.9 Å². The maximum atomic E-state index is 12.6. The summed E-state index contributed by atoms with van der Waals surface area (Å²) in [5.41, 5.74) is 0.865. The van der Waals surface area contributed by atoms with Crippen LogP contribution >= 0.6 is 0 Å². The first-order valence-electron chi connectivity index (χ1n) is 9.28.